The molecule has 60 valence electrons. The van der Waals surface area contributed by atoms with E-state index in [4.69, 9.17) is 10.2 Å². The van der Waals surface area contributed by atoms with Crippen LogP contribution in [0.1, 0.15) is 20.8 Å². The van der Waals surface area contributed by atoms with E-state index >= 15 is 0 Å². The monoisotopic (exact) mass is 146 g/mol. The van der Waals surface area contributed by atoms with E-state index in [1.54, 1.807) is 13.8 Å². The number of rotatable bonds is 3. The van der Waals surface area contributed by atoms with Gasteiger partial charge in [0, 0.05) is 5.41 Å². The molecule has 1 atom stereocenters. The van der Waals surface area contributed by atoms with Crippen molar-refractivity contribution in [1.82, 2.24) is 0 Å². The lowest BCUT2D eigenvalue weighted by atomic mass is 9.86. The molecule has 0 saturated heterocycles. The molecule has 0 aromatic carbocycles. The van der Waals surface area contributed by atoms with Gasteiger partial charge in [0.25, 0.3) is 0 Å². The molecule has 3 nitrogen and oxygen atoms in total. The van der Waals surface area contributed by atoms with Crippen LogP contribution in [0.2, 0.25) is 0 Å². The van der Waals surface area contributed by atoms with Crippen molar-refractivity contribution in [2.45, 2.75) is 26.9 Å². The summed E-state index contributed by atoms with van der Waals surface area (Å²) in [6, 6.07) is 0. The lowest BCUT2D eigenvalue weighted by Crippen LogP contribution is -2.37. The molecule has 0 bridgehead atoms. The van der Waals surface area contributed by atoms with Gasteiger partial charge in [-0.25, -0.2) is 0 Å². The van der Waals surface area contributed by atoms with Crippen LogP contribution in [-0.2, 0) is 4.79 Å². The zero-order chi connectivity index (χ0) is 8.36. The lowest BCUT2D eigenvalue weighted by Gasteiger charge is -2.25. The number of carbonyl (C=O) groups is 1. The summed E-state index contributed by atoms with van der Waals surface area (Å²) in [5, 5.41) is 17.8. The highest BCUT2D eigenvalue weighted by atomic mass is 16.3. The first-order chi connectivity index (χ1) is 4.41. The third kappa shape index (κ3) is 2.08. The Kier molecular flexibility index (Phi) is 2.99. The largest absolute Gasteiger partial charge is 0.396 e. The SMILES string of the molecule is CC(=O)[C@H](O)C(C)(C)CO. The van der Waals surface area contributed by atoms with E-state index in [0.717, 1.165) is 0 Å². The highest BCUT2D eigenvalue weighted by Crippen LogP contribution is 2.19. The van der Waals surface area contributed by atoms with E-state index in [1.807, 2.05) is 0 Å². The van der Waals surface area contributed by atoms with E-state index < -0.39 is 11.5 Å². The van der Waals surface area contributed by atoms with Crippen LogP contribution in [0.3, 0.4) is 0 Å². The van der Waals surface area contributed by atoms with Gasteiger partial charge in [-0.2, -0.15) is 0 Å². The molecule has 0 radical (unpaired) electrons. The molecule has 0 aliphatic heterocycles. The summed E-state index contributed by atoms with van der Waals surface area (Å²) in [5.41, 5.74) is -0.716. The predicted molar refractivity (Wildman–Crippen MR) is 37.6 cm³/mol. The maximum Gasteiger partial charge on any atom is 0.158 e. The van der Waals surface area contributed by atoms with Gasteiger partial charge >= 0.3 is 0 Å². The summed E-state index contributed by atoms with van der Waals surface area (Å²) in [6.45, 7) is 4.40. The Balaban J connectivity index is 4.17. The molecule has 0 heterocycles. The Bertz CT molecular complexity index is 129. The fourth-order valence-corrected chi connectivity index (χ4v) is 0.637. The van der Waals surface area contributed by atoms with E-state index in [2.05, 4.69) is 0 Å². The van der Waals surface area contributed by atoms with E-state index in [9.17, 15) is 4.79 Å². The smallest absolute Gasteiger partial charge is 0.158 e. The van der Waals surface area contributed by atoms with Crippen molar-refractivity contribution in [2.24, 2.45) is 5.41 Å². The minimum absolute atomic E-state index is 0.187. The molecule has 0 saturated carbocycles. The van der Waals surface area contributed by atoms with Gasteiger partial charge in [-0.05, 0) is 6.92 Å². The third-order valence-corrected chi connectivity index (χ3v) is 1.53. The van der Waals surface area contributed by atoms with Crippen LogP contribution >= 0.6 is 0 Å². The Morgan fingerprint density at radius 3 is 2.10 bits per heavy atom. The third-order valence-electron chi connectivity index (χ3n) is 1.53. The molecule has 0 aromatic rings. The minimum atomic E-state index is -1.06. The second-order valence-corrected chi connectivity index (χ2v) is 3.16. The van der Waals surface area contributed by atoms with Crippen molar-refractivity contribution in [3.63, 3.8) is 0 Å². The molecular formula is C7H14O3. The highest BCUT2D eigenvalue weighted by Gasteiger charge is 2.30. The fraction of sp³-hybridized carbons (Fsp3) is 0.857. The zero-order valence-electron chi connectivity index (χ0n) is 6.59. The van der Waals surface area contributed by atoms with Crippen LogP contribution in [0.4, 0.5) is 0 Å². The molecule has 0 aromatic heterocycles. The zero-order valence-corrected chi connectivity index (χ0v) is 6.59. The van der Waals surface area contributed by atoms with Crippen LogP contribution < -0.4 is 0 Å². The Morgan fingerprint density at radius 2 is 2.00 bits per heavy atom. The van der Waals surface area contributed by atoms with Crippen molar-refractivity contribution >= 4 is 5.78 Å². The van der Waals surface area contributed by atoms with E-state index in [0.29, 0.717) is 0 Å². The number of hydrogen-bond acceptors (Lipinski definition) is 3. The molecule has 0 aliphatic carbocycles. The normalized spacial score (nSPS) is 14.9. The first-order valence-electron chi connectivity index (χ1n) is 3.21. The topological polar surface area (TPSA) is 57.5 Å². The van der Waals surface area contributed by atoms with Gasteiger partial charge in [0.05, 0.1) is 6.61 Å². The predicted octanol–water partition coefficient (Wildman–Crippen LogP) is -0.0452. The number of aliphatic hydroxyl groups is 2. The van der Waals surface area contributed by atoms with Gasteiger partial charge in [0.1, 0.15) is 6.10 Å². The summed E-state index contributed by atoms with van der Waals surface area (Å²) >= 11 is 0. The summed E-state index contributed by atoms with van der Waals surface area (Å²) in [4.78, 5) is 10.6. The molecule has 3 heteroatoms. The molecule has 10 heavy (non-hydrogen) atoms. The van der Waals surface area contributed by atoms with Crippen LogP contribution in [0.5, 0.6) is 0 Å². The van der Waals surface area contributed by atoms with Crippen molar-refractivity contribution in [3.05, 3.63) is 0 Å². The van der Waals surface area contributed by atoms with Gasteiger partial charge in [0.15, 0.2) is 5.78 Å². The maximum absolute atomic E-state index is 10.6. The molecule has 0 fully saturated rings. The number of carbonyl (C=O) groups excluding carboxylic acids is 1. The molecule has 0 unspecified atom stereocenters. The lowest BCUT2D eigenvalue weighted by molar-refractivity contribution is -0.132. The van der Waals surface area contributed by atoms with E-state index in [1.165, 1.54) is 6.92 Å². The molecule has 0 spiro atoms. The first-order valence-corrected chi connectivity index (χ1v) is 3.21. The highest BCUT2D eigenvalue weighted by molar-refractivity contribution is 5.80. The number of hydrogen-bond donors (Lipinski definition) is 2. The van der Waals surface area contributed by atoms with Crippen molar-refractivity contribution in [3.8, 4) is 0 Å². The maximum atomic E-state index is 10.6. The van der Waals surface area contributed by atoms with Gasteiger partial charge in [-0.1, -0.05) is 13.8 Å². The Hall–Kier alpha value is -0.410. The van der Waals surface area contributed by atoms with Crippen molar-refractivity contribution in [2.75, 3.05) is 6.61 Å². The van der Waals surface area contributed by atoms with Gasteiger partial charge in [-0.15, -0.1) is 0 Å². The molecular weight excluding hydrogens is 132 g/mol. The summed E-state index contributed by atoms with van der Waals surface area (Å²) < 4.78 is 0. The van der Waals surface area contributed by atoms with Gasteiger partial charge < -0.3 is 10.2 Å². The van der Waals surface area contributed by atoms with Crippen LogP contribution in [0, 0.1) is 5.41 Å². The fourth-order valence-electron chi connectivity index (χ4n) is 0.637. The number of aliphatic hydroxyl groups excluding tert-OH is 2. The quantitative estimate of drug-likeness (QED) is 0.587. The Labute approximate surface area is 60.7 Å². The van der Waals surface area contributed by atoms with Crippen LogP contribution in [0.25, 0.3) is 0 Å². The number of ketones is 1. The van der Waals surface area contributed by atoms with Crippen molar-refractivity contribution < 1.29 is 15.0 Å². The molecule has 2 N–H and O–H groups in total. The van der Waals surface area contributed by atoms with Crippen molar-refractivity contribution in [1.29, 1.82) is 0 Å². The Morgan fingerprint density at radius 1 is 1.60 bits per heavy atom. The summed E-state index contributed by atoms with van der Waals surface area (Å²) in [6.07, 6.45) is -1.06. The minimum Gasteiger partial charge on any atom is -0.396 e. The number of Topliss-reactive ketones (excluding diaryl/α,β-unsaturated/α-hetero) is 1. The van der Waals surface area contributed by atoms with E-state index in [-0.39, 0.29) is 12.4 Å². The average molecular weight is 146 g/mol. The molecule has 0 aliphatic rings. The van der Waals surface area contributed by atoms with Crippen LogP contribution in [0.15, 0.2) is 0 Å². The summed E-state index contributed by atoms with van der Waals surface area (Å²) in [5.74, 6) is -0.306. The average Bonchev–Trinajstić information content (AvgIpc) is 1.86. The molecule has 0 amide bonds. The van der Waals surface area contributed by atoms with Crippen LogP contribution in [-0.4, -0.2) is 28.7 Å². The first kappa shape index (κ1) is 9.59. The van der Waals surface area contributed by atoms with Gasteiger partial charge in [-0.3, -0.25) is 4.79 Å². The standard InChI is InChI=1S/C7H14O3/c1-5(9)6(10)7(2,3)4-8/h6,8,10H,4H2,1-3H3/t6-/m0/s1. The second kappa shape index (κ2) is 3.12. The van der Waals surface area contributed by atoms with Gasteiger partial charge in [0.2, 0.25) is 0 Å². The second-order valence-electron chi connectivity index (χ2n) is 3.16. The molecule has 0 rings (SSSR count). The summed E-state index contributed by atoms with van der Waals surface area (Å²) in [7, 11) is 0.